The predicted molar refractivity (Wildman–Crippen MR) is 137 cm³/mol. The molecule has 1 fully saturated rings. The molecule has 0 radical (unpaired) electrons. The Kier molecular flexibility index (Phi) is 6.52. The molecule has 7 nitrogen and oxygen atoms in total. The Morgan fingerprint density at radius 2 is 1.97 bits per heavy atom. The predicted octanol–water partition coefficient (Wildman–Crippen LogP) is 4.46. The molecule has 0 unspecified atom stereocenters. The van der Waals surface area contributed by atoms with Crippen LogP contribution in [0.15, 0.2) is 71.8 Å². The minimum absolute atomic E-state index is 0.214. The number of carbonyl (C=O) groups is 2. The van der Waals surface area contributed by atoms with Crippen molar-refractivity contribution in [2.24, 2.45) is 0 Å². The lowest BCUT2D eigenvalue weighted by Gasteiger charge is -2.24. The molecule has 0 bridgehead atoms. The zero-order valence-corrected chi connectivity index (χ0v) is 20.3. The summed E-state index contributed by atoms with van der Waals surface area (Å²) >= 11 is 6.64. The average molecular weight is 505 g/mol. The molecular formula is C26H20N2O5S2. The number of hydrogen-bond donors (Lipinski definition) is 0. The van der Waals surface area contributed by atoms with Crippen molar-refractivity contribution >= 4 is 46.3 Å². The SMILES string of the molecule is COC(=O)[C@H](Cc1ccccc1)N1C(=O)/C(=C/c2ccc(-c3ccc4c(c3)OCO4)nc2)SC1=S. The number of nitrogens with zero attached hydrogens (tertiary/aromatic N) is 2. The number of fused-ring (bicyclic) bond motifs is 1. The van der Waals surface area contributed by atoms with Gasteiger partial charge in [-0.1, -0.05) is 60.4 Å². The smallest absolute Gasteiger partial charge is 0.329 e. The Hall–Kier alpha value is -3.69. The molecule has 2 aliphatic rings. The van der Waals surface area contributed by atoms with Gasteiger partial charge in [-0.2, -0.15) is 0 Å². The first-order valence-corrected chi connectivity index (χ1v) is 12.0. The van der Waals surface area contributed by atoms with E-state index in [4.69, 9.17) is 26.4 Å². The molecule has 0 saturated carbocycles. The number of thiocarbonyl (C=S) groups is 1. The molecule has 3 aromatic rings. The van der Waals surface area contributed by atoms with E-state index in [9.17, 15) is 9.59 Å². The third kappa shape index (κ3) is 4.78. The number of esters is 1. The number of methoxy groups -OCH3 is 1. The van der Waals surface area contributed by atoms with Crippen molar-refractivity contribution in [2.45, 2.75) is 12.5 Å². The number of hydrogen-bond acceptors (Lipinski definition) is 8. The van der Waals surface area contributed by atoms with E-state index >= 15 is 0 Å². The van der Waals surface area contributed by atoms with Crippen molar-refractivity contribution in [1.82, 2.24) is 9.88 Å². The van der Waals surface area contributed by atoms with Crippen LogP contribution < -0.4 is 9.47 Å². The highest BCUT2D eigenvalue weighted by molar-refractivity contribution is 8.26. The molecule has 2 aliphatic heterocycles. The summed E-state index contributed by atoms with van der Waals surface area (Å²) in [5, 5.41) is 0. The fourth-order valence-electron chi connectivity index (χ4n) is 3.87. The quantitative estimate of drug-likeness (QED) is 0.277. The van der Waals surface area contributed by atoms with Gasteiger partial charge in [-0.15, -0.1) is 0 Å². The zero-order chi connectivity index (χ0) is 24.4. The van der Waals surface area contributed by atoms with Crippen molar-refractivity contribution < 1.29 is 23.8 Å². The Morgan fingerprint density at radius 3 is 2.71 bits per heavy atom. The second-order valence-corrected chi connectivity index (χ2v) is 9.50. The van der Waals surface area contributed by atoms with Crippen LogP contribution in [0.4, 0.5) is 0 Å². The van der Waals surface area contributed by atoms with E-state index in [1.165, 1.54) is 12.0 Å². The maximum Gasteiger partial charge on any atom is 0.329 e. The average Bonchev–Trinajstić information content (AvgIpc) is 3.46. The van der Waals surface area contributed by atoms with Crippen LogP contribution >= 0.6 is 24.0 Å². The number of pyridine rings is 1. The molecule has 2 aromatic carbocycles. The number of amides is 1. The largest absolute Gasteiger partial charge is 0.467 e. The molecule has 1 aromatic heterocycles. The van der Waals surface area contributed by atoms with Crippen LogP contribution in [-0.4, -0.2) is 46.0 Å². The third-order valence-electron chi connectivity index (χ3n) is 5.63. The summed E-state index contributed by atoms with van der Waals surface area (Å²) in [5.74, 6) is 0.560. The van der Waals surface area contributed by atoms with E-state index in [0.717, 1.165) is 34.1 Å². The topological polar surface area (TPSA) is 78.0 Å². The monoisotopic (exact) mass is 504 g/mol. The summed E-state index contributed by atoms with van der Waals surface area (Å²) in [6.45, 7) is 0.214. The lowest BCUT2D eigenvalue weighted by molar-refractivity contribution is -0.148. The molecule has 1 amide bonds. The lowest BCUT2D eigenvalue weighted by atomic mass is 10.0. The third-order valence-corrected chi connectivity index (χ3v) is 6.96. The maximum absolute atomic E-state index is 13.3. The molecule has 0 N–H and O–H groups in total. The summed E-state index contributed by atoms with van der Waals surface area (Å²) < 4.78 is 16.1. The highest BCUT2D eigenvalue weighted by atomic mass is 32.2. The summed E-state index contributed by atoms with van der Waals surface area (Å²) in [6.07, 6.45) is 3.72. The van der Waals surface area contributed by atoms with Crippen molar-refractivity contribution in [3.63, 3.8) is 0 Å². The molecule has 1 atom stereocenters. The zero-order valence-electron chi connectivity index (χ0n) is 18.7. The molecule has 35 heavy (non-hydrogen) atoms. The van der Waals surface area contributed by atoms with Gasteiger partial charge >= 0.3 is 5.97 Å². The maximum atomic E-state index is 13.3. The lowest BCUT2D eigenvalue weighted by Crippen LogP contribution is -2.45. The number of aromatic nitrogens is 1. The molecular weight excluding hydrogens is 484 g/mol. The van der Waals surface area contributed by atoms with Crippen LogP contribution in [0.2, 0.25) is 0 Å². The van der Waals surface area contributed by atoms with Gasteiger partial charge in [0.05, 0.1) is 17.7 Å². The second kappa shape index (κ2) is 9.89. The van der Waals surface area contributed by atoms with E-state index < -0.39 is 12.0 Å². The van der Waals surface area contributed by atoms with E-state index in [2.05, 4.69) is 4.98 Å². The van der Waals surface area contributed by atoms with Gasteiger partial charge in [0.2, 0.25) is 6.79 Å². The normalized spacial score (nSPS) is 16.6. The van der Waals surface area contributed by atoms with Crippen LogP contribution in [0, 0.1) is 0 Å². The number of benzene rings is 2. The fraction of sp³-hybridized carbons (Fsp3) is 0.154. The van der Waals surface area contributed by atoms with Gasteiger partial charge < -0.3 is 14.2 Å². The number of rotatable bonds is 6. The summed E-state index contributed by atoms with van der Waals surface area (Å²) in [5.41, 5.74) is 3.31. The van der Waals surface area contributed by atoms with Gasteiger partial charge in [0, 0.05) is 18.2 Å². The van der Waals surface area contributed by atoms with E-state index in [1.807, 2.05) is 60.7 Å². The van der Waals surface area contributed by atoms with Crippen LogP contribution in [0.1, 0.15) is 11.1 Å². The minimum Gasteiger partial charge on any atom is -0.467 e. The molecule has 0 spiro atoms. The van der Waals surface area contributed by atoms with Crippen molar-refractivity contribution in [2.75, 3.05) is 13.9 Å². The van der Waals surface area contributed by atoms with Gasteiger partial charge in [0.15, 0.2) is 11.5 Å². The number of ether oxygens (including phenoxy) is 3. The molecule has 0 aliphatic carbocycles. The first-order chi connectivity index (χ1) is 17.0. The van der Waals surface area contributed by atoms with Crippen LogP contribution in [0.3, 0.4) is 0 Å². The van der Waals surface area contributed by atoms with Crippen LogP contribution in [0.25, 0.3) is 17.3 Å². The van der Waals surface area contributed by atoms with Gasteiger partial charge in [-0.05, 0) is 41.5 Å². The van der Waals surface area contributed by atoms with Crippen LogP contribution in [-0.2, 0) is 20.7 Å². The highest BCUT2D eigenvalue weighted by Crippen LogP contribution is 2.37. The Labute approximate surface area is 211 Å². The Bertz CT molecular complexity index is 1330. The highest BCUT2D eigenvalue weighted by Gasteiger charge is 2.41. The van der Waals surface area contributed by atoms with Gasteiger partial charge in [0.1, 0.15) is 10.4 Å². The molecule has 1 saturated heterocycles. The summed E-state index contributed by atoms with van der Waals surface area (Å²) in [7, 11) is 1.31. The fourth-order valence-corrected chi connectivity index (χ4v) is 5.23. The molecule has 176 valence electrons. The first kappa shape index (κ1) is 23.1. The Morgan fingerprint density at radius 1 is 1.17 bits per heavy atom. The number of thioether (sulfide) groups is 1. The van der Waals surface area contributed by atoms with E-state index in [1.54, 1.807) is 12.3 Å². The molecule has 3 heterocycles. The standard InChI is InChI=1S/C26H20N2O5S2/c1-31-25(30)20(11-16-5-3-2-4-6-16)28-24(29)23(35-26(28)34)12-17-7-9-19(27-14-17)18-8-10-21-22(13-18)33-15-32-21/h2-10,12-14,20H,11,15H2,1H3/b23-12-/t20-/m0/s1. The van der Waals surface area contributed by atoms with Crippen molar-refractivity contribution in [3.8, 4) is 22.8 Å². The molecule has 9 heteroatoms. The Balaban J connectivity index is 1.36. The summed E-state index contributed by atoms with van der Waals surface area (Å²) in [6, 6.07) is 18.0. The van der Waals surface area contributed by atoms with Crippen LogP contribution in [0.5, 0.6) is 11.5 Å². The minimum atomic E-state index is -0.840. The van der Waals surface area contributed by atoms with Gasteiger partial charge in [-0.25, -0.2) is 4.79 Å². The van der Waals surface area contributed by atoms with Crippen molar-refractivity contribution in [1.29, 1.82) is 0 Å². The summed E-state index contributed by atoms with van der Waals surface area (Å²) in [4.78, 5) is 32.1. The molecule has 5 rings (SSSR count). The van der Waals surface area contributed by atoms with Crippen molar-refractivity contribution in [3.05, 3.63) is 82.9 Å². The first-order valence-electron chi connectivity index (χ1n) is 10.8. The number of carbonyl (C=O) groups excluding carboxylic acids is 2. The van der Waals surface area contributed by atoms with Gasteiger partial charge in [-0.3, -0.25) is 14.7 Å². The second-order valence-electron chi connectivity index (χ2n) is 7.83. The van der Waals surface area contributed by atoms with E-state index in [0.29, 0.717) is 27.1 Å². The van der Waals surface area contributed by atoms with E-state index in [-0.39, 0.29) is 12.7 Å². The van der Waals surface area contributed by atoms with Gasteiger partial charge in [0.25, 0.3) is 5.91 Å².